The van der Waals surface area contributed by atoms with E-state index in [-0.39, 0.29) is 46.5 Å². The maximum atomic E-state index is 14.0. The van der Waals surface area contributed by atoms with E-state index in [4.69, 9.17) is 25.8 Å². The molecule has 1 unspecified atom stereocenters. The van der Waals surface area contributed by atoms with Crippen LogP contribution >= 0.6 is 11.6 Å². The largest absolute Gasteiger partial charge is 0.467 e. The number of rotatable bonds is 6. The second kappa shape index (κ2) is 10.7. The normalized spacial score (nSPS) is 31.6. The minimum absolute atomic E-state index is 0.0386. The predicted molar refractivity (Wildman–Crippen MR) is 148 cm³/mol. The number of esters is 1. The van der Waals surface area contributed by atoms with Gasteiger partial charge in [-0.1, -0.05) is 18.5 Å². The number of carbonyl (C=O) groups is 2. The third kappa shape index (κ3) is 5.02. The van der Waals surface area contributed by atoms with E-state index >= 15 is 0 Å². The molecule has 1 heterocycles. The summed E-state index contributed by atoms with van der Waals surface area (Å²) < 4.78 is 85.4. The highest BCUT2D eigenvalue weighted by Gasteiger charge is 2.74. The second-order valence-corrected chi connectivity index (χ2v) is 14.5. The molecule has 6 atom stereocenters. The van der Waals surface area contributed by atoms with Gasteiger partial charge in [0.05, 0.1) is 28.9 Å². The van der Waals surface area contributed by atoms with E-state index in [1.807, 2.05) is 6.92 Å². The molecule has 3 aliphatic rings. The third-order valence-electron chi connectivity index (χ3n) is 8.98. The molecule has 2 N–H and O–H groups in total. The van der Waals surface area contributed by atoms with Crippen LogP contribution in [0.1, 0.15) is 50.4 Å². The second-order valence-electron chi connectivity index (χ2n) is 11.9. The van der Waals surface area contributed by atoms with Gasteiger partial charge in [-0.15, -0.1) is 0 Å². The summed E-state index contributed by atoms with van der Waals surface area (Å²) in [4.78, 5) is 25.7. The standard InChI is InChI=1S/C29H31ClF3NO8S/c1-14-7-16-9-18(12-19(14)29(16,37)28(26(36)40-4)13-41-27(2,3)42-28)43(38,39)23-8-15(5-6-20(23)30)25(35)34-17-10-21(31)24(33)22(32)11-17/h5-6,8,10-11,14,16,18-19,37H,7,9,12-13H2,1-4H3,(H,34,35)/t14-,16+,18+,19+,28?,29-/m1/s1. The van der Waals surface area contributed by atoms with Crippen molar-refractivity contribution in [2.45, 2.75) is 67.2 Å². The lowest BCUT2D eigenvalue weighted by Gasteiger charge is -2.50. The van der Waals surface area contributed by atoms with Crippen molar-refractivity contribution in [2.75, 3.05) is 19.0 Å². The summed E-state index contributed by atoms with van der Waals surface area (Å²) in [6.07, 6.45) is 0.333. The number of benzene rings is 2. The van der Waals surface area contributed by atoms with Crippen molar-refractivity contribution < 1.29 is 50.5 Å². The van der Waals surface area contributed by atoms with Gasteiger partial charge in [-0.05, 0) is 69.1 Å². The molecule has 2 bridgehead atoms. The lowest BCUT2D eigenvalue weighted by molar-refractivity contribution is -0.248. The average Bonchev–Trinajstić information content (AvgIpc) is 3.31. The molecule has 0 radical (unpaired) electrons. The summed E-state index contributed by atoms with van der Waals surface area (Å²) in [5.41, 5.74) is -4.21. The minimum Gasteiger partial charge on any atom is -0.467 e. The van der Waals surface area contributed by atoms with Gasteiger partial charge in [-0.3, -0.25) is 4.79 Å². The fraction of sp³-hybridized carbons (Fsp3) is 0.517. The van der Waals surface area contributed by atoms with E-state index in [1.54, 1.807) is 13.8 Å². The van der Waals surface area contributed by atoms with Gasteiger partial charge in [0.15, 0.2) is 33.1 Å². The summed E-state index contributed by atoms with van der Waals surface area (Å²) in [6, 6.07) is 4.68. The molecule has 2 aromatic carbocycles. The Morgan fingerprint density at radius 3 is 2.30 bits per heavy atom. The zero-order chi connectivity index (χ0) is 31.7. The number of methoxy groups -OCH3 is 1. The molecule has 0 aromatic heterocycles. The van der Waals surface area contributed by atoms with Crippen molar-refractivity contribution >= 4 is 39.0 Å². The van der Waals surface area contributed by atoms with Gasteiger partial charge in [0.1, 0.15) is 5.60 Å². The Labute approximate surface area is 251 Å². The summed E-state index contributed by atoms with van der Waals surface area (Å²) in [5, 5.41) is 13.3. The Kier molecular flexibility index (Phi) is 7.91. The number of nitrogens with one attached hydrogen (secondary N) is 1. The minimum atomic E-state index is -4.21. The molecule has 234 valence electrons. The Morgan fingerprint density at radius 1 is 1.09 bits per heavy atom. The van der Waals surface area contributed by atoms with Crippen molar-refractivity contribution in [1.29, 1.82) is 0 Å². The van der Waals surface area contributed by atoms with Crippen molar-refractivity contribution in [3.05, 3.63) is 58.4 Å². The maximum Gasteiger partial charge on any atom is 0.343 e. The molecule has 2 aromatic rings. The number of amides is 1. The molecule has 2 saturated carbocycles. The van der Waals surface area contributed by atoms with Crippen LogP contribution in [0.5, 0.6) is 0 Å². The zero-order valence-electron chi connectivity index (χ0n) is 23.7. The number of ether oxygens (including phenoxy) is 3. The number of halogens is 4. The van der Waals surface area contributed by atoms with Crippen molar-refractivity contribution in [1.82, 2.24) is 0 Å². The highest BCUT2D eigenvalue weighted by Crippen LogP contribution is 2.61. The number of hydrogen-bond donors (Lipinski definition) is 2. The molecule has 43 heavy (non-hydrogen) atoms. The SMILES string of the molecule is COC(=O)C1([C@@]2(O)[C@@H]3C[C@H](S(=O)(=O)c4cc(C(=O)Nc5cc(F)c(F)c(F)c5)ccc4Cl)C[C@H]2[C@H](C)C3)COC(C)(C)O1. The Morgan fingerprint density at radius 2 is 1.74 bits per heavy atom. The van der Waals surface area contributed by atoms with Crippen LogP contribution < -0.4 is 5.32 Å². The number of hydrogen-bond acceptors (Lipinski definition) is 8. The smallest absolute Gasteiger partial charge is 0.343 e. The van der Waals surface area contributed by atoms with Crippen LogP contribution in [0.2, 0.25) is 5.02 Å². The first kappa shape index (κ1) is 31.7. The zero-order valence-corrected chi connectivity index (χ0v) is 25.3. The number of aliphatic hydroxyl groups is 1. The molecule has 9 nitrogen and oxygen atoms in total. The monoisotopic (exact) mass is 645 g/mol. The quantitative estimate of drug-likeness (QED) is 0.344. The van der Waals surface area contributed by atoms with Gasteiger partial charge in [0.2, 0.25) is 5.60 Å². The number of fused-ring (bicyclic) bond motifs is 2. The maximum absolute atomic E-state index is 14.0. The van der Waals surface area contributed by atoms with E-state index in [1.165, 1.54) is 19.2 Å². The van der Waals surface area contributed by atoms with Gasteiger partial charge in [-0.25, -0.2) is 26.4 Å². The van der Waals surface area contributed by atoms with Gasteiger partial charge < -0.3 is 24.6 Å². The highest BCUT2D eigenvalue weighted by atomic mass is 35.5. The number of anilines is 1. The van der Waals surface area contributed by atoms with Gasteiger partial charge in [0.25, 0.3) is 5.91 Å². The molecule has 14 heteroatoms. The number of carbonyl (C=O) groups excluding carboxylic acids is 2. The van der Waals surface area contributed by atoms with Crippen LogP contribution in [0.4, 0.5) is 18.9 Å². The lowest BCUT2D eigenvalue weighted by atomic mass is 9.64. The Hall–Kier alpha value is -2.71. The fourth-order valence-electron chi connectivity index (χ4n) is 7.05. The molecule has 0 spiro atoms. The molecule has 1 amide bonds. The van der Waals surface area contributed by atoms with E-state index in [9.17, 15) is 36.3 Å². The first-order chi connectivity index (χ1) is 20.0. The lowest BCUT2D eigenvalue weighted by Crippen LogP contribution is -2.69. The molecule has 1 saturated heterocycles. The van der Waals surface area contributed by atoms with Gasteiger partial charge >= 0.3 is 5.97 Å². The van der Waals surface area contributed by atoms with E-state index < -0.39 is 73.2 Å². The van der Waals surface area contributed by atoms with Crippen molar-refractivity contribution in [3.8, 4) is 0 Å². The fourth-order valence-corrected chi connectivity index (χ4v) is 9.43. The van der Waals surface area contributed by atoms with Gasteiger partial charge in [-0.2, -0.15) is 0 Å². The van der Waals surface area contributed by atoms with Crippen molar-refractivity contribution in [2.24, 2.45) is 17.8 Å². The summed E-state index contributed by atoms with van der Waals surface area (Å²) in [6.45, 7) is 4.81. The summed E-state index contributed by atoms with van der Waals surface area (Å²) in [7, 11) is -3.03. The van der Waals surface area contributed by atoms with Crippen LogP contribution in [-0.2, 0) is 28.8 Å². The topological polar surface area (TPSA) is 128 Å². The first-order valence-corrected chi connectivity index (χ1v) is 15.5. The van der Waals surface area contributed by atoms with E-state index in [0.29, 0.717) is 18.6 Å². The number of sulfone groups is 1. The molecular weight excluding hydrogens is 615 g/mol. The molecular formula is C29H31ClF3NO8S. The van der Waals surface area contributed by atoms with Crippen LogP contribution in [0.3, 0.4) is 0 Å². The molecule has 5 rings (SSSR count). The summed E-state index contributed by atoms with van der Waals surface area (Å²) >= 11 is 6.32. The average molecular weight is 646 g/mol. The van der Waals surface area contributed by atoms with E-state index in [0.717, 1.165) is 6.07 Å². The highest BCUT2D eigenvalue weighted by molar-refractivity contribution is 7.92. The van der Waals surface area contributed by atoms with Crippen LogP contribution in [-0.4, -0.2) is 61.4 Å². The first-order valence-electron chi connectivity index (χ1n) is 13.6. The van der Waals surface area contributed by atoms with Crippen LogP contribution in [0.15, 0.2) is 35.2 Å². The molecule has 1 aliphatic heterocycles. The predicted octanol–water partition coefficient (Wildman–Crippen LogP) is 4.64. The Balaban J connectivity index is 1.45. The molecule has 2 aliphatic carbocycles. The van der Waals surface area contributed by atoms with Crippen molar-refractivity contribution in [3.63, 3.8) is 0 Å². The third-order valence-corrected chi connectivity index (χ3v) is 11.6. The van der Waals surface area contributed by atoms with Crippen LogP contribution in [0, 0.1) is 35.2 Å². The van der Waals surface area contributed by atoms with E-state index in [2.05, 4.69) is 5.32 Å². The van der Waals surface area contributed by atoms with Gasteiger partial charge in [0, 0.05) is 23.4 Å². The Bertz CT molecular complexity index is 1580. The molecule has 3 fully saturated rings. The summed E-state index contributed by atoms with van der Waals surface area (Å²) in [5.74, 6) is -9.22. The van der Waals surface area contributed by atoms with Crippen LogP contribution in [0.25, 0.3) is 0 Å².